The average Bonchev–Trinajstić information content (AvgIpc) is 3.14. The second kappa shape index (κ2) is 7.80. The molecule has 2 N–H and O–H groups in total. The topological polar surface area (TPSA) is 79.1 Å². The minimum Gasteiger partial charge on any atom is -0.381 e. The number of piperazine rings is 1. The Morgan fingerprint density at radius 2 is 1.50 bits per heavy atom. The second-order valence-corrected chi connectivity index (χ2v) is 7.25. The summed E-state index contributed by atoms with van der Waals surface area (Å²) in [4.78, 5) is 31.4. The summed E-state index contributed by atoms with van der Waals surface area (Å²) in [5.74, 6) is 0.351. The Labute approximate surface area is 144 Å². The van der Waals surface area contributed by atoms with Gasteiger partial charge in [-0.05, 0) is 38.8 Å². The number of likely N-dealkylation sites (tertiary alicyclic amines) is 1. The third-order valence-electron chi connectivity index (χ3n) is 5.77. The highest BCUT2D eigenvalue weighted by Gasteiger charge is 2.42. The van der Waals surface area contributed by atoms with Crippen LogP contribution in [-0.4, -0.2) is 92.1 Å². The Kier molecular flexibility index (Phi) is 5.73. The molecule has 136 valence electrons. The summed E-state index contributed by atoms with van der Waals surface area (Å²) in [5.41, 5.74) is 5.48. The molecule has 7 heteroatoms. The van der Waals surface area contributed by atoms with Crippen molar-refractivity contribution in [3.05, 3.63) is 0 Å². The predicted molar refractivity (Wildman–Crippen MR) is 90.4 cm³/mol. The van der Waals surface area contributed by atoms with Gasteiger partial charge in [-0.3, -0.25) is 14.5 Å². The molecule has 0 saturated carbocycles. The van der Waals surface area contributed by atoms with Gasteiger partial charge in [-0.1, -0.05) is 0 Å². The molecule has 0 aliphatic carbocycles. The van der Waals surface area contributed by atoms with Gasteiger partial charge in [0.1, 0.15) is 0 Å². The molecular formula is C17H30N4O3. The summed E-state index contributed by atoms with van der Waals surface area (Å²) in [5, 5.41) is 0. The van der Waals surface area contributed by atoms with Gasteiger partial charge in [0.05, 0.1) is 12.0 Å². The molecule has 0 aromatic carbocycles. The summed E-state index contributed by atoms with van der Waals surface area (Å²) in [6.07, 6.45) is 3.80. The summed E-state index contributed by atoms with van der Waals surface area (Å²) >= 11 is 0. The van der Waals surface area contributed by atoms with Gasteiger partial charge < -0.3 is 20.3 Å². The minimum atomic E-state index is -0.458. The fourth-order valence-corrected chi connectivity index (χ4v) is 3.99. The number of nitrogens with zero attached hydrogens (tertiary/aromatic N) is 3. The molecule has 3 rings (SSSR count). The average molecular weight is 338 g/mol. The van der Waals surface area contributed by atoms with Crippen LogP contribution in [-0.2, 0) is 14.3 Å². The van der Waals surface area contributed by atoms with Gasteiger partial charge in [0.2, 0.25) is 11.8 Å². The predicted octanol–water partition coefficient (Wildman–Crippen LogP) is -0.491. The zero-order valence-corrected chi connectivity index (χ0v) is 14.5. The van der Waals surface area contributed by atoms with Crippen molar-refractivity contribution < 1.29 is 14.3 Å². The molecule has 0 unspecified atom stereocenters. The van der Waals surface area contributed by atoms with Gasteiger partial charge in [0.15, 0.2) is 0 Å². The lowest BCUT2D eigenvalue weighted by Crippen LogP contribution is -2.57. The van der Waals surface area contributed by atoms with Crippen LogP contribution in [0.15, 0.2) is 0 Å². The lowest BCUT2D eigenvalue weighted by Gasteiger charge is -2.42. The van der Waals surface area contributed by atoms with Crippen LogP contribution in [0.3, 0.4) is 0 Å². The van der Waals surface area contributed by atoms with Crippen LogP contribution in [0.5, 0.6) is 0 Å². The molecule has 0 spiro atoms. The molecule has 0 bridgehead atoms. The van der Waals surface area contributed by atoms with E-state index in [4.69, 9.17) is 10.5 Å². The lowest BCUT2D eigenvalue weighted by atomic mass is 9.78. The molecule has 0 radical (unpaired) electrons. The third kappa shape index (κ3) is 3.73. The Hall–Kier alpha value is -1.18. The molecule has 0 aromatic heterocycles. The van der Waals surface area contributed by atoms with Crippen LogP contribution in [0.25, 0.3) is 0 Å². The van der Waals surface area contributed by atoms with Crippen molar-refractivity contribution in [3.63, 3.8) is 0 Å². The van der Waals surface area contributed by atoms with Crippen molar-refractivity contribution in [1.82, 2.24) is 14.7 Å². The first-order chi connectivity index (χ1) is 11.6. The molecule has 3 fully saturated rings. The Bertz CT molecular complexity index is 451. The van der Waals surface area contributed by atoms with Gasteiger partial charge >= 0.3 is 0 Å². The smallest absolute Gasteiger partial charge is 0.236 e. The Morgan fingerprint density at radius 1 is 0.917 bits per heavy atom. The van der Waals surface area contributed by atoms with Crippen LogP contribution >= 0.6 is 0 Å². The summed E-state index contributed by atoms with van der Waals surface area (Å²) in [6, 6.07) is 0. The van der Waals surface area contributed by atoms with E-state index in [1.807, 2.05) is 9.80 Å². The highest BCUT2D eigenvalue weighted by molar-refractivity contribution is 5.84. The molecule has 3 aliphatic heterocycles. The highest BCUT2D eigenvalue weighted by atomic mass is 16.5. The van der Waals surface area contributed by atoms with Crippen molar-refractivity contribution in [2.24, 2.45) is 11.1 Å². The van der Waals surface area contributed by atoms with E-state index in [1.165, 1.54) is 12.8 Å². The zero-order chi connectivity index (χ0) is 17.0. The number of hydrogen-bond acceptors (Lipinski definition) is 5. The third-order valence-corrected chi connectivity index (χ3v) is 5.77. The summed E-state index contributed by atoms with van der Waals surface area (Å²) < 4.78 is 5.39. The molecule has 24 heavy (non-hydrogen) atoms. The van der Waals surface area contributed by atoms with Crippen molar-refractivity contribution in [2.75, 3.05) is 65.6 Å². The largest absolute Gasteiger partial charge is 0.381 e. The van der Waals surface area contributed by atoms with Gasteiger partial charge in [-0.25, -0.2) is 0 Å². The van der Waals surface area contributed by atoms with E-state index in [0.29, 0.717) is 65.3 Å². The van der Waals surface area contributed by atoms with E-state index in [9.17, 15) is 9.59 Å². The fourth-order valence-electron chi connectivity index (χ4n) is 3.99. The maximum Gasteiger partial charge on any atom is 0.236 e. The first kappa shape index (κ1) is 17.6. The highest BCUT2D eigenvalue weighted by Crippen LogP contribution is 2.32. The van der Waals surface area contributed by atoms with E-state index in [0.717, 1.165) is 13.1 Å². The summed E-state index contributed by atoms with van der Waals surface area (Å²) in [6.45, 7) is 6.69. The van der Waals surface area contributed by atoms with Crippen molar-refractivity contribution in [1.29, 1.82) is 0 Å². The Balaban J connectivity index is 1.50. The Morgan fingerprint density at radius 3 is 2.08 bits per heavy atom. The van der Waals surface area contributed by atoms with E-state index in [1.54, 1.807) is 0 Å². The number of rotatable bonds is 4. The van der Waals surface area contributed by atoms with Crippen LogP contribution in [0.2, 0.25) is 0 Å². The first-order valence-electron chi connectivity index (χ1n) is 9.22. The molecule has 0 aromatic rings. The lowest BCUT2D eigenvalue weighted by molar-refractivity contribution is -0.151. The first-order valence-corrected chi connectivity index (χ1v) is 9.22. The monoisotopic (exact) mass is 338 g/mol. The fraction of sp³-hybridized carbons (Fsp3) is 0.882. The van der Waals surface area contributed by atoms with Crippen LogP contribution < -0.4 is 5.73 Å². The quantitative estimate of drug-likeness (QED) is 0.748. The van der Waals surface area contributed by atoms with Crippen LogP contribution in [0.1, 0.15) is 25.7 Å². The van der Waals surface area contributed by atoms with Gasteiger partial charge in [-0.2, -0.15) is 0 Å². The normalized spacial score (nSPS) is 25.0. The number of hydrogen-bond donors (Lipinski definition) is 1. The molecule has 3 heterocycles. The minimum absolute atomic E-state index is 0.153. The van der Waals surface area contributed by atoms with Gasteiger partial charge in [-0.15, -0.1) is 0 Å². The van der Waals surface area contributed by atoms with Crippen molar-refractivity contribution in [2.45, 2.75) is 25.7 Å². The number of nitrogens with two attached hydrogens (primary N) is 1. The second-order valence-electron chi connectivity index (χ2n) is 7.25. The molecule has 0 atom stereocenters. The number of ether oxygens (including phenoxy) is 1. The number of carbonyl (C=O) groups excluding carboxylic acids is 2. The maximum absolute atomic E-state index is 12.9. The molecule has 3 aliphatic rings. The van der Waals surface area contributed by atoms with Crippen LogP contribution in [0.4, 0.5) is 0 Å². The standard InChI is InChI=1S/C17H30N4O3/c18-14-17(3-11-24-12-4-17)16(23)21-9-7-20(8-10-21)15(22)13-19-5-1-2-6-19/h1-14,18H2. The molecular weight excluding hydrogens is 308 g/mol. The maximum atomic E-state index is 12.9. The molecule has 3 saturated heterocycles. The number of carbonyl (C=O) groups is 2. The molecule has 7 nitrogen and oxygen atoms in total. The van der Waals surface area contributed by atoms with Crippen molar-refractivity contribution in [3.8, 4) is 0 Å². The van der Waals surface area contributed by atoms with E-state index in [2.05, 4.69) is 4.90 Å². The zero-order valence-electron chi connectivity index (χ0n) is 14.5. The molecule has 2 amide bonds. The van der Waals surface area contributed by atoms with Crippen LogP contribution in [0, 0.1) is 5.41 Å². The van der Waals surface area contributed by atoms with E-state index < -0.39 is 5.41 Å². The van der Waals surface area contributed by atoms with E-state index in [-0.39, 0.29) is 11.8 Å². The van der Waals surface area contributed by atoms with E-state index >= 15 is 0 Å². The van der Waals surface area contributed by atoms with Gasteiger partial charge in [0, 0.05) is 45.9 Å². The summed E-state index contributed by atoms with van der Waals surface area (Å²) in [7, 11) is 0. The van der Waals surface area contributed by atoms with Crippen molar-refractivity contribution >= 4 is 11.8 Å². The van der Waals surface area contributed by atoms with Gasteiger partial charge in [0.25, 0.3) is 0 Å². The SMILES string of the molecule is NCC1(C(=O)N2CCN(C(=O)CN3CCCC3)CC2)CCOCC1. The number of amides is 2.